The Hall–Kier alpha value is -2.69. The van der Waals surface area contributed by atoms with Gasteiger partial charge in [-0.3, -0.25) is 0 Å². The molecule has 2 N–H and O–H groups in total. The minimum absolute atomic E-state index is 0.234. The Labute approximate surface area is 135 Å². The number of carbonyl (C=O) groups excluding carboxylic acids is 1. The fourth-order valence-corrected chi connectivity index (χ4v) is 2.64. The minimum Gasteiger partial charge on any atom is -0.497 e. The maximum atomic E-state index is 12.3. The zero-order valence-electron chi connectivity index (χ0n) is 13.3. The van der Waals surface area contributed by atoms with E-state index in [9.17, 15) is 4.79 Å². The number of ether oxygens (including phenoxy) is 2. The van der Waals surface area contributed by atoms with E-state index >= 15 is 0 Å². The number of carbonyl (C=O) groups is 1. The summed E-state index contributed by atoms with van der Waals surface area (Å²) in [4.78, 5) is 12.3. The molecular weight excluding hydrogens is 292 g/mol. The van der Waals surface area contributed by atoms with Gasteiger partial charge in [0, 0.05) is 0 Å². The molecule has 23 heavy (non-hydrogen) atoms. The number of rotatable bonds is 5. The van der Waals surface area contributed by atoms with E-state index in [0.29, 0.717) is 11.4 Å². The summed E-state index contributed by atoms with van der Waals surface area (Å²) in [7, 11) is 3.22. The minimum atomic E-state index is -0.279. The van der Waals surface area contributed by atoms with Gasteiger partial charge in [-0.05, 0) is 42.7 Å². The summed E-state index contributed by atoms with van der Waals surface area (Å²) < 4.78 is 10.4. The van der Waals surface area contributed by atoms with Crippen molar-refractivity contribution >= 4 is 11.7 Å². The number of nitrogens with one attached hydrogen (secondary N) is 2. The summed E-state index contributed by atoms with van der Waals surface area (Å²) >= 11 is 0. The molecule has 120 valence electrons. The summed E-state index contributed by atoms with van der Waals surface area (Å²) in [5, 5.41) is 5.92. The van der Waals surface area contributed by atoms with Crippen LogP contribution in [-0.2, 0) is 5.54 Å². The second-order valence-corrected chi connectivity index (χ2v) is 5.59. The summed E-state index contributed by atoms with van der Waals surface area (Å²) in [6, 6.07) is 14.9. The van der Waals surface area contributed by atoms with Crippen molar-refractivity contribution in [1.82, 2.24) is 5.32 Å². The van der Waals surface area contributed by atoms with Gasteiger partial charge in [-0.25, -0.2) is 4.79 Å². The van der Waals surface area contributed by atoms with Gasteiger partial charge in [0.1, 0.15) is 11.5 Å². The number of benzene rings is 2. The number of amides is 2. The molecule has 1 aliphatic rings. The standard InChI is InChI=1S/C18H20N2O3/c1-22-14-9-7-13(8-10-14)18(11-12-18)20-17(21)19-15-5-3-4-6-16(15)23-2/h3-10H,11-12H2,1-2H3,(H2,19,20,21). The molecule has 0 aromatic heterocycles. The Bertz CT molecular complexity index is 694. The lowest BCUT2D eigenvalue weighted by Crippen LogP contribution is -2.38. The zero-order chi connectivity index (χ0) is 16.3. The molecule has 1 saturated carbocycles. The van der Waals surface area contributed by atoms with Crippen molar-refractivity contribution in [2.24, 2.45) is 0 Å². The normalized spacial score (nSPS) is 14.7. The molecule has 2 amide bonds. The van der Waals surface area contributed by atoms with Crippen LogP contribution in [0.25, 0.3) is 0 Å². The molecular formula is C18H20N2O3. The van der Waals surface area contributed by atoms with Gasteiger partial charge in [0.15, 0.2) is 0 Å². The summed E-state index contributed by atoms with van der Waals surface area (Å²) in [6.45, 7) is 0. The van der Waals surface area contributed by atoms with Gasteiger partial charge in [0.25, 0.3) is 0 Å². The van der Waals surface area contributed by atoms with Crippen molar-refractivity contribution in [3.8, 4) is 11.5 Å². The van der Waals surface area contributed by atoms with Crippen LogP contribution >= 0.6 is 0 Å². The van der Waals surface area contributed by atoms with E-state index in [4.69, 9.17) is 9.47 Å². The highest BCUT2D eigenvalue weighted by atomic mass is 16.5. The van der Waals surface area contributed by atoms with Gasteiger partial charge in [0.05, 0.1) is 25.4 Å². The molecule has 5 nitrogen and oxygen atoms in total. The third-order valence-electron chi connectivity index (χ3n) is 4.10. The Morgan fingerprint density at radius 2 is 1.70 bits per heavy atom. The smallest absolute Gasteiger partial charge is 0.320 e. The van der Waals surface area contributed by atoms with Crippen LogP contribution in [-0.4, -0.2) is 20.3 Å². The first-order chi connectivity index (χ1) is 11.2. The van der Waals surface area contributed by atoms with E-state index in [0.717, 1.165) is 24.2 Å². The molecule has 1 fully saturated rings. The highest BCUT2D eigenvalue weighted by Gasteiger charge is 2.45. The van der Waals surface area contributed by atoms with Crippen LogP contribution in [0.3, 0.4) is 0 Å². The van der Waals surface area contributed by atoms with Crippen LogP contribution in [0.15, 0.2) is 48.5 Å². The fourth-order valence-electron chi connectivity index (χ4n) is 2.64. The average molecular weight is 312 g/mol. The van der Waals surface area contributed by atoms with E-state index in [2.05, 4.69) is 10.6 Å². The molecule has 2 aromatic rings. The van der Waals surface area contributed by atoms with E-state index < -0.39 is 0 Å². The molecule has 1 aliphatic carbocycles. The molecule has 3 rings (SSSR count). The van der Waals surface area contributed by atoms with Gasteiger partial charge < -0.3 is 20.1 Å². The topological polar surface area (TPSA) is 59.6 Å². The van der Waals surface area contributed by atoms with Crippen molar-refractivity contribution < 1.29 is 14.3 Å². The number of para-hydroxylation sites is 2. The predicted molar refractivity (Wildman–Crippen MR) is 89.1 cm³/mol. The summed E-state index contributed by atoms with van der Waals surface area (Å²) in [5.74, 6) is 1.44. The number of anilines is 1. The molecule has 0 saturated heterocycles. The van der Waals surface area contributed by atoms with Crippen LogP contribution in [0.2, 0.25) is 0 Å². The van der Waals surface area contributed by atoms with Crippen molar-refractivity contribution in [3.05, 3.63) is 54.1 Å². The number of urea groups is 1. The summed E-state index contributed by atoms with van der Waals surface area (Å²) in [6.07, 6.45) is 1.86. The van der Waals surface area contributed by atoms with Gasteiger partial charge in [-0.1, -0.05) is 24.3 Å². The zero-order valence-corrected chi connectivity index (χ0v) is 13.3. The highest BCUT2D eigenvalue weighted by Crippen LogP contribution is 2.45. The van der Waals surface area contributed by atoms with Gasteiger partial charge in [-0.2, -0.15) is 0 Å². The van der Waals surface area contributed by atoms with Crippen molar-refractivity contribution in [1.29, 1.82) is 0 Å². The number of hydrogen-bond donors (Lipinski definition) is 2. The molecule has 0 atom stereocenters. The van der Waals surface area contributed by atoms with Crippen LogP contribution in [0.5, 0.6) is 11.5 Å². The van der Waals surface area contributed by atoms with Crippen LogP contribution in [0.4, 0.5) is 10.5 Å². The first kappa shape index (κ1) is 15.2. The highest BCUT2D eigenvalue weighted by molar-refractivity contribution is 5.91. The fraction of sp³-hybridized carbons (Fsp3) is 0.278. The third kappa shape index (κ3) is 3.23. The molecule has 2 aromatic carbocycles. The van der Waals surface area contributed by atoms with E-state index in [1.165, 1.54) is 0 Å². The molecule has 5 heteroatoms. The van der Waals surface area contributed by atoms with Gasteiger partial charge >= 0.3 is 6.03 Å². The van der Waals surface area contributed by atoms with Crippen molar-refractivity contribution in [3.63, 3.8) is 0 Å². The summed E-state index contributed by atoms with van der Waals surface area (Å²) in [5.41, 5.74) is 1.46. The first-order valence-electron chi connectivity index (χ1n) is 7.53. The second kappa shape index (κ2) is 6.20. The lowest BCUT2D eigenvalue weighted by molar-refractivity contribution is 0.247. The molecule has 0 unspecified atom stereocenters. The van der Waals surface area contributed by atoms with Crippen LogP contribution in [0, 0.1) is 0 Å². The number of hydrogen-bond acceptors (Lipinski definition) is 3. The second-order valence-electron chi connectivity index (χ2n) is 5.59. The SMILES string of the molecule is COc1ccc(C2(NC(=O)Nc3ccccc3OC)CC2)cc1. The van der Waals surface area contributed by atoms with Gasteiger partial charge in [-0.15, -0.1) is 0 Å². The number of methoxy groups -OCH3 is 2. The monoisotopic (exact) mass is 312 g/mol. The van der Waals surface area contributed by atoms with Gasteiger partial charge in [0.2, 0.25) is 0 Å². The van der Waals surface area contributed by atoms with E-state index in [1.807, 2.05) is 48.5 Å². The molecule has 0 heterocycles. The molecule has 0 radical (unpaired) electrons. The lowest BCUT2D eigenvalue weighted by atomic mass is 10.1. The maximum Gasteiger partial charge on any atom is 0.320 e. The largest absolute Gasteiger partial charge is 0.497 e. The van der Waals surface area contributed by atoms with Crippen molar-refractivity contribution in [2.75, 3.05) is 19.5 Å². The van der Waals surface area contributed by atoms with Crippen molar-refractivity contribution in [2.45, 2.75) is 18.4 Å². The van der Waals surface area contributed by atoms with Crippen LogP contribution in [0.1, 0.15) is 18.4 Å². The predicted octanol–water partition coefficient (Wildman–Crippen LogP) is 3.51. The van der Waals surface area contributed by atoms with E-state index in [-0.39, 0.29) is 11.6 Å². The Morgan fingerprint density at radius 3 is 2.30 bits per heavy atom. The molecule has 0 bridgehead atoms. The van der Waals surface area contributed by atoms with Crippen LogP contribution < -0.4 is 20.1 Å². The Morgan fingerprint density at radius 1 is 1.00 bits per heavy atom. The van der Waals surface area contributed by atoms with E-state index in [1.54, 1.807) is 14.2 Å². The average Bonchev–Trinajstić information content (AvgIpc) is 3.36. The molecule has 0 aliphatic heterocycles. The Kier molecular flexibility index (Phi) is 4.10. The Balaban J connectivity index is 1.69. The lowest BCUT2D eigenvalue weighted by Gasteiger charge is -2.19. The maximum absolute atomic E-state index is 12.3. The first-order valence-corrected chi connectivity index (χ1v) is 7.53. The molecule has 0 spiro atoms. The quantitative estimate of drug-likeness (QED) is 0.888. The third-order valence-corrected chi connectivity index (χ3v) is 4.10.